The van der Waals surface area contributed by atoms with Crippen molar-refractivity contribution in [3.63, 3.8) is 0 Å². The van der Waals surface area contributed by atoms with Gasteiger partial charge in [-0.1, -0.05) is 58.9 Å². The molecule has 10 nitrogen and oxygen atoms in total. The van der Waals surface area contributed by atoms with Crippen LogP contribution >= 0.6 is 0 Å². The van der Waals surface area contributed by atoms with Gasteiger partial charge in [0.15, 0.2) is 5.78 Å². The lowest BCUT2D eigenvalue weighted by Crippen LogP contribution is -2.54. The average Bonchev–Trinajstić information content (AvgIpc) is 2.98. The summed E-state index contributed by atoms with van der Waals surface area (Å²) >= 11 is 0. The first-order valence-corrected chi connectivity index (χ1v) is 13.0. The Morgan fingerprint density at radius 3 is 2.31 bits per heavy atom. The number of amides is 3. The number of nitrogens with zero attached hydrogens (tertiary/aromatic N) is 3. The first-order valence-electron chi connectivity index (χ1n) is 13.0. The summed E-state index contributed by atoms with van der Waals surface area (Å²) in [6, 6.07) is 11.3. The maximum absolute atomic E-state index is 13.9. The molecule has 3 N–H and O–H groups in total. The van der Waals surface area contributed by atoms with Crippen molar-refractivity contribution in [2.24, 2.45) is 16.3 Å². The lowest BCUT2D eigenvalue weighted by atomic mass is 9.90. The Bertz CT molecular complexity index is 1250. The van der Waals surface area contributed by atoms with E-state index in [4.69, 9.17) is 0 Å². The van der Waals surface area contributed by atoms with E-state index in [0.717, 1.165) is 0 Å². The Kier molecular flexibility index (Phi) is 9.34. The number of fused-ring (bicyclic) bond motifs is 1. The van der Waals surface area contributed by atoms with Crippen molar-refractivity contribution < 1.29 is 24.3 Å². The van der Waals surface area contributed by atoms with Crippen molar-refractivity contribution in [1.82, 2.24) is 15.6 Å². The van der Waals surface area contributed by atoms with Gasteiger partial charge in [-0.25, -0.2) is 4.99 Å². The van der Waals surface area contributed by atoms with E-state index in [9.17, 15) is 24.3 Å². The molecule has 1 aliphatic rings. The number of aliphatic hydroxyl groups excluding tert-OH is 1. The van der Waals surface area contributed by atoms with Crippen LogP contribution < -0.4 is 15.5 Å². The number of para-hydroxylation sites is 1. The molecule has 39 heavy (non-hydrogen) atoms. The molecular weight excluding hydrogens is 498 g/mol. The summed E-state index contributed by atoms with van der Waals surface area (Å²) in [4.78, 5) is 62.8. The lowest BCUT2D eigenvalue weighted by Gasteiger charge is -2.28. The number of carbonyl (C=O) groups is 4. The largest absolute Gasteiger partial charge is 0.383 e. The zero-order valence-corrected chi connectivity index (χ0v) is 23.3. The average molecular weight is 536 g/mol. The highest BCUT2D eigenvalue weighted by molar-refractivity contribution is 6.20. The van der Waals surface area contributed by atoms with Crippen LogP contribution in [0.1, 0.15) is 59.2 Å². The summed E-state index contributed by atoms with van der Waals surface area (Å²) in [5, 5.41) is 15.2. The lowest BCUT2D eigenvalue weighted by molar-refractivity contribution is -0.135. The fraction of sp³-hybridized carbons (Fsp3) is 0.448. The molecule has 1 aromatic heterocycles. The van der Waals surface area contributed by atoms with Crippen molar-refractivity contribution in [2.45, 2.75) is 66.3 Å². The molecule has 0 saturated carbocycles. The maximum atomic E-state index is 13.9. The van der Waals surface area contributed by atoms with Crippen LogP contribution in [0.5, 0.6) is 0 Å². The molecule has 0 radical (unpaired) electrons. The van der Waals surface area contributed by atoms with Crippen LogP contribution in [0.25, 0.3) is 0 Å². The predicted molar refractivity (Wildman–Crippen MR) is 148 cm³/mol. The molecule has 3 rings (SSSR count). The van der Waals surface area contributed by atoms with Crippen molar-refractivity contribution in [3.8, 4) is 0 Å². The quantitative estimate of drug-likeness (QED) is 0.450. The summed E-state index contributed by atoms with van der Waals surface area (Å²) < 4.78 is 0. The van der Waals surface area contributed by atoms with Gasteiger partial charge in [-0.15, -0.1) is 0 Å². The van der Waals surface area contributed by atoms with Crippen molar-refractivity contribution in [2.75, 3.05) is 11.4 Å². The Morgan fingerprint density at radius 1 is 1.03 bits per heavy atom. The van der Waals surface area contributed by atoms with Crippen LogP contribution in [0.3, 0.4) is 0 Å². The van der Waals surface area contributed by atoms with Crippen molar-refractivity contribution in [1.29, 1.82) is 0 Å². The second-order valence-electron chi connectivity index (χ2n) is 11.1. The molecule has 2 unspecified atom stereocenters. The second kappa shape index (κ2) is 12.3. The molecule has 1 aromatic carbocycles. The third kappa shape index (κ3) is 7.35. The first-order chi connectivity index (χ1) is 18.3. The topological polar surface area (TPSA) is 141 Å². The molecule has 208 valence electrons. The van der Waals surface area contributed by atoms with Crippen LogP contribution in [0.4, 0.5) is 5.69 Å². The van der Waals surface area contributed by atoms with E-state index in [1.807, 2.05) is 13.8 Å². The summed E-state index contributed by atoms with van der Waals surface area (Å²) in [7, 11) is 0. The zero-order valence-electron chi connectivity index (χ0n) is 23.3. The van der Waals surface area contributed by atoms with Gasteiger partial charge < -0.3 is 20.6 Å². The molecule has 10 heteroatoms. The number of carbonyl (C=O) groups excluding carboxylic acids is 4. The third-order valence-corrected chi connectivity index (χ3v) is 6.28. The maximum Gasteiger partial charge on any atom is 0.272 e. The molecule has 0 bridgehead atoms. The predicted octanol–water partition coefficient (Wildman–Crippen LogP) is 2.23. The summed E-state index contributed by atoms with van der Waals surface area (Å²) in [6.45, 7) is 10.3. The number of anilines is 1. The molecule has 0 fully saturated rings. The number of benzodiazepines with no additional fused rings is 1. The van der Waals surface area contributed by atoms with Crippen LogP contribution in [0.2, 0.25) is 0 Å². The number of hydrogen-bond acceptors (Lipinski definition) is 7. The van der Waals surface area contributed by atoms with E-state index < -0.39 is 41.4 Å². The van der Waals surface area contributed by atoms with E-state index in [1.165, 1.54) is 11.8 Å². The molecule has 3 amide bonds. The van der Waals surface area contributed by atoms with E-state index >= 15 is 0 Å². The number of pyridine rings is 1. The highest BCUT2D eigenvalue weighted by Crippen LogP contribution is 2.29. The Labute approximate surface area is 228 Å². The summed E-state index contributed by atoms with van der Waals surface area (Å²) in [5.74, 6) is -2.03. The number of rotatable bonds is 9. The number of aliphatic hydroxyl groups is 1. The van der Waals surface area contributed by atoms with E-state index in [0.29, 0.717) is 22.7 Å². The number of hydrogen-bond donors (Lipinski definition) is 3. The number of nitrogens with one attached hydrogen (secondary N) is 2. The van der Waals surface area contributed by atoms with Gasteiger partial charge in [0.25, 0.3) is 5.91 Å². The normalized spacial score (nSPS) is 17.0. The van der Waals surface area contributed by atoms with Gasteiger partial charge in [0.05, 0.1) is 23.6 Å². The van der Waals surface area contributed by atoms with Crippen LogP contribution in [-0.2, 0) is 19.2 Å². The summed E-state index contributed by atoms with van der Waals surface area (Å²) in [5.41, 5.74) is 1.21. The Hall–Kier alpha value is -3.92. The molecule has 0 spiro atoms. The Morgan fingerprint density at radius 2 is 1.69 bits per heavy atom. The standard InChI is InChI=1S/C29H37N5O5/c1-17(2)15-22(35)27(38)31-18(3)26(37)33-25-28(39)34(16-23(36)29(4,5)6)21-13-8-7-11-19(21)24(32-25)20-12-9-10-14-30-20/h7-14,17-18,22,25,35H,15-16H2,1-6H3,(H,31,38)(H,33,37)/t18-,22?,25?/m0/s1. The minimum atomic E-state index is -1.39. The van der Waals surface area contributed by atoms with Crippen LogP contribution in [-0.4, -0.2) is 64.2 Å². The van der Waals surface area contributed by atoms with E-state index in [-0.39, 0.29) is 24.7 Å². The first kappa shape index (κ1) is 29.6. The number of aromatic nitrogens is 1. The molecule has 1 aliphatic heterocycles. The second-order valence-corrected chi connectivity index (χ2v) is 11.1. The van der Waals surface area contributed by atoms with Crippen LogP contribution in [0, 0.1) is 11.3 Å². The van der Waals surface area contributed by atoms with Gasteiger partial charge in [-0.2, -0.15) is 0 Å². The zero-order chi connectivity index (χ0) is 28.9. The minimum absolute atomic E-state index is 0.0845. The number of benzene rings is 1. The molecule has 3 atom stereocenters. The Balaban J connectivity index is 1.98. The third-order valence-electron chi connectivity index (χ3n) is 6.28. The van der Waals surface area contributed by atoms with Gasteiger partial charge in [0.1, 0.15) is 12.1 Å². The highest BCUT2D eigenvalue weighted by atomic mass is 16.3. The van der Waals surface area contributed by atoms with E-state index in [2.05, 4.69) is 20.6 Å². The number of Topliss-reactive ketones (excluding diaryl/α,β-unsaturated/α-hetero) is 1. The van der Waals surface area contributed by atoms with Gasteiger partial charge >= 0.3 is 0 Å². The highest BCUT2D eigenvalue weighted by Gasteiger charge is 2.37. The fourth-order valence-electron chi connectivity index (χ4n) is 3.96. The van der Waals surface area contributed by atoms with Crippen molar-refractivity contribution >= 4 is 34.9 Å². The molecule has 0 aliphatic carbocycles. The van der Waals surface area contributed by atoms with Gasteiger partial charge in [0.2, 0.25) is 18.0 Å². The molecule has 2 aromatic rings. The SMILES string of the molecule is CC(C)CC(O)C(=O)N[C@@H](C)C(=O)NC1N=C(c2ccccn2)c2ccccc2N(CC(=O)C(C)(C)C)C1=O. The molecular formula is C29H37N5O5. The van der Waals surface area contributed by atoms with E-state index in [1.54, 1.807) is 69.4 Å². The smallest absolute Gasteiger partial charge is 0.272 e. The fourth-order valence-corrected chi connectivity index (χ4v) is 3.96. The minimum Gasteiger partial charge on any atom is -0.383 e. The summed E-state index contributed by atoms with van der Waals surface area (Å²) in [6.07, 6.45) is -0.813. The van der Waals surface area contributed by atoms with Crippen molar-refractivity contribution in [3.05, 3.63) is 59.9 Å². The molecule has 0 saturated heterocycles. The molecule has 2 heterocycles. The number of aliphatic imine (C=N–C) groups is 1. The monoisotopic (exact) mass is 535 g/mol. The van der Waals surface area contributed by atoms with Gasteiger partial charge in [-0.05, 0) is 37.5 Å². The van der Waals surface area contributed by atoms with Gasteiger partial charge in [0, 0.05) is 17.2 Å². The van der Waals surface area contributed by atoms with Crippen LogP contribution in [0.15, 0.2) is 53.7 Å². The van der Waals surface area contributed by atoms with Gasteiger partial charge in [-0.3, -0.25) is 24.2 Å². The number of ketones is 1.